The summed E-state index contributed by atoms with van der Waals surface area (Å²) in [4.78, 5) is 31.2. The van der Waals surface area contributed by atoms with Gasteiger partial charge in [0, 0.05) is 10.1 Å². The monoisotopic (exact) mass is 410 g/mol. The van der Waals surface area contributed by atoms with Crippen LogP contribution < -0.4 is 21.8 Å². The first-order chi connectivity index (χ1) is 14.0. The van der Waals surface area contributed by atoms with E-state index in [2.05, 4.69) is 53.7 Å². The fraction of sp³-hybridized carbons (Fsp3) is 0.278. The molecule has 0 unspecified atom stereocenters. The zero-order chi connectivity index (χ0) is 20.0. The van der Waals surface area contributed by atoms with Crippen LogP contribution >= 0.6 is 11.3 Å². The Morgan fingerprint density at radius 1 is 1.41 bits per heavy atom. The van der Waals surface area contributed by atoms with E-state index in [1.807, 2.05) is 0 Å². The van der Waals surface area contributed by atoms with Crippen molar-refractivity contribution in [3.05, 3.63) is 55.1 Å². The van der Waals surface area contributed by atoms with Crippen LogP contribution in [0.15, 0.2) is 27.4 Å². The highest BCUT2D eigenvalue weighted by Gasteiger charge is 2.21. The van der Waals surface area contributed by atoms with Gasteiger partial charge in [-0.2, -0.15) is 19.6 Å². The van der Waals surface area contributed by atoms with Crippen LogP contribution in [0, 0.1) is 6.92 Å². The SMILES string of the molecule is Cc1csc(CNc2nc(=NC3CC3)n3ncc(=Cc4[nH]c(=O)[nH]c4O)c3n2)c1. The van der Waals surface area contributed by atoms with Crippen molar-refractivity contribution >= 4 is 29.0 Å². The molecule has 0 aliphatic heterocycles. The second-order valence-corrected chi connectivity index (χ2v) is 7.97. The van der Waals surface area contributed by atoms with Crippen LogP contribution in [0.5, 0.6) is 5.88 Å². The molecule has 0 aromatic carbocycles. The summed E-state index contributed by atoms with van der Waals surface area (Å²) in [5, 5.41) is 20.2. The molecule has 0 atom stereocenters. The molecule has 0 saturated heterocycles. The Morgan fingerprint density at radius 3 is 2.97 bits per heavy atom. The highest BCUT2D eigenvalue weighted by Crippen LogP contribution is 2.22. The van der Waals surface area contributed by atoms with Gasteiger partial charge in [0.2, 0.25) is 11.8 Å². The van der Waals surface area contributed by atoms with E-state index in [-0.39, 0.29) is 17.6 Å². The van der Waals surface area contributed by atoms with Crippen LogP contribution in [0.4, 0.5) is 5.95 Å². The number of H-pyrrole nitrogens is 2. The third-order valence-corrected chi connectivity index (χ3v) is 5.52. The number of aromatic nitrogens is 6. The summed E-state index contributed by atoms with van der Waals surface area (Å²) >= 11 is 1.68. The molecule has 0 spiro atoms. The van der Waals surface area contributed by atoms with Crippen LogP contribution in [0.25, 0.3) is 11.7 Å². The van der Waals surface area contributed by atoms with E-state index in [9.17, 15) is 9.90 Å². The maximum Gasteiger partial charge on any atom is 0.326 e. The normalized spacial score (nSPS) is 15.5. The number of imidazole rings is 1. The van der Waals surface area contributed by atoms with Crippen molar-refractivity contribution in [1.82, 2.24) is 29.5 Å². The molecule has 4 aromatic heterocycles. The molecule has 1 fully saturated rings. The predicted octanol–water partition coefficient (Wildman–Crippen LogP) is 0.439. The number of aromatic amines is 2. The standard InChI is InChI=1S/C18H18N8O2S/c1-9-4-12(29-8-9)7-19-16-23-14-10(5-13-15(27)24-18(28)22-13)6-20-26(14)17(25-16)21-11-2-3-11/h4-6,8,11,27H,2-3,7H2,1H3,(H,19,21,25)(H2,22,24,28). The summed E-state index contributed by atoms with van der Waals surface area (Å²) in [5.41, 5.74) is 2.01. The van der Waals surface area contributed by atoms with Gasteiger partial charge in [-0.05, 0) is 42.9 Å². The second kappa shape index (κ2) is 6.85. The number of aromatic hydroxyl groups is 1. The molecule has 4 aromatic rings. The van der Waals surface area contributed by atoms with Crippen molar-refractivity contribution in [2.75, 3.05) is 5.32 Å². The van der Waals surface area contributed by atoms with Crippen molar-refractivity contribution in [1.29, 1.82) is 0 Å². The lowest BCUT2D eigenvalue weighted by Crippen LogP contribution is -2.24. The minimum atomic E-state index is -0.488. The number of rotatable bonds is 5. The van der Waals surface area contributed by atoms with Gasteiger partial charge in [0.1, 0.15) is 5.69 Å². The summed E-state index contributed by atoms with van der Waals surface area (Å²) in [6.45, 7) is 2.67. The number of aryl methyl sites for hydroxylation is 1. The molecule has 29 heavy (non-hydrogen) atoms. The summed E-state index contributed by atoms with van der Waals surface area (Å²) < 4.78 is 1.58. The maximum absolute atomic E-state index is 11.4. The molecular formula is C18H18N8O2S. The van der Waals surface area contributed by atoms with Crippen molar-refractivity contribution < 1.29 is 5.11 Å². The van der Waals surface area contributed by atoms with Crippen LogP contribution in [0.1, 0.15) is 29.0 Å². The summed E-state index contributed by atoms with van der Waals surface area (Å²) in [6.07, 6.45) is 5.30. The number of anilines is 1. The zero-order valence-electron chi connectivity index (χ0n) is 15.5. The molecule has 148 valence electrons. The molecule has 0 radical (unpaired) electrons. The number of fused-ring (bicyclic) bond motifs is 1. The number of nitrogens with one attached hydrogen (secondary N) is 3. The van der Waals surface area contributed by atoms with Gasteiger partial charge < -0.3 is 15.4 Å². The van der Waals surface area contributed by atoms with Gasteiger partial charge in [-0.25, -0.2) is 9.79 Å². The maximum atomic E-state index is 11.4. The van der Waals surface area contributed by atoms with E-state index in [1.54, 1.807) is 28.1 Å². The van der Waals surface area contributed by atoms with E-state index < -0.39 is 5.69 Å². The van der Waals surface area contributed by atoms with Crippen molar-refractivity contribution in [3.8, 4) is 5.88 Å². The third-order valence-electron chi connectivity index (χ3n) is 4.46. The fourth-order valence-electron chi connectivity index (χ4n) is 2.91. The molecule has 1 aliphatic rings. The lowest BCUT2D eigenvalue weighted by Gasteiger charge is -2.04. The number of thiophene rings is 1. The Hall–Kier alpha value is -3.47. The Morgan fingerprint density at radius 2 is 2.28 bits per heavy atom. The average molecular weight is 410 g/mol. The Balaban J connectivity index is 1.60. The smallest absolute Gasteiger partial charge is 0.326 e. The summed E-state index contributed by atoms with van der Waals surface area (Å²) in [5.74, 6) is 0.211. The molecule has 0 bridgehead atoms. The molecule has 4 N–H and O–H groups in total. The number of hydrogen-bond donors (Lipinski definition) is 4. The topological polar surface area (TPSA) is 136 Å². The first-order valence-electron chi connectivity index (χ1n) is 9.15. The first-order valence-corrected chi connectivity index (χ1v) is 10.0. The van der Waals surface area contributed by atoms with Crippen molar-refractivity contribution in [3.63, 3.8) is 0 Å². The molecule has 11 heteroatoms. The van der Waals surface area contributed by atoms with Gasteiger partial charge in [-0.3, -0.25) is 4.98 Å². The molecule has 0 amide bonds. The van der Waals surface area contributed by atoms with E-state index in [0.29, 0.717) is 29.0 Å². The molecule has 1 saturated carbocycles. The van der Waals surface area contributed by atoms with Crippen LogP contribution in [0.3, 0.4) is 0 Å². The summed E-state index contributed by atoms with van der Waals surface area (Å²) in [6, 6.07) is 2.39. The highest BCUT2D eigenvalue weighted by molar-refractivity contribution is 7.10. The minimum Gasteiger partial charge on any atom is -0.493 e. The molecule has 1 aliphatic carbocycles. The number of hydrogen-bond acceptors (Lipinski definition) is 8. The van der Waals surface area contributed by atoms with Gasteiger partial charge in [-0.15, -0.1) is 11.3 Å². The van der Waals surface area contributed by atoms with Crippen LogP contribution in [-0.4, -0.2) is 40.7 Å². The Bertz CT molecular complexity index is 1370. The Kier molecular flexibility index (Phi) is 4.16. The summed E-state index contributed by atoms with van der Waals surface area (Å²) in [7, 11) is 0. The quantitative estimate of drug-likeness (QED) is 0.377. The molecule has 4 heterocycles. The largest absolute Gasteiger partial charge is 0.493 e. The van der Waals surface area contributed by atoms with Gasteiger partial charge in [0.05, 0.1) is 18.8 Å². The van der Waals surface area contributed by atoms with Gasteiger partial charge in [-0.1, -0.05) is 0 Å². The third kappa shape index (κ3) is 3.63. The van der Waals surface area contributed by atoms with Crippen LogP contribution in [-0.2, 0) is 6.54 Å². The molecular weight excluding hydrogens is 392 g/mol. The van der Waals surface area contributed by atoms with Crippen LogP contribution in [0.2, 0.25) is 0 Å². The lowest BCUT2D eigenvalue weighted by atomic mass is 10.3. The van der Waals surface area contributed by atoms with Gasteiger partial charge in [0.25, 0.3) is 5.62 Å². The molecule has 5 rings (SSSR count). The second-order valence-electron chi connectivity index (χ2n) is 6.97. The fourth-order valence-corrected chi connectivity index (χ4v) is 3.72. The highest BCUT2D eigenvalue weighted by atomic mass is 32.1. The van der Waals surface area contributed by atoms with E-state index in [0.717, 1.165) is 12.8 Å². The van der Waals surface area contributed by atoms with E-state index >= 15 is 0 Å². The van der Waals surface area contributed by atoms with Gasteiger partial charge in [0.15, 0.2) is 5.65 Å². The zero-order valence-corrected chi connectivity index (χ0v) is 16.3. The Labute approximate surface area is 167 Å². The first kappa shape index (κ1) is 17.6. The predicted molar refractivity (Wildman–Crippen MR) is 108 cm³/mol. The minimum absolute atomic E-state index is 0.238. The van der Waals surface area contributed by atoms with Gasteiger partial charge >= 0.3 is 5.69 Å². The molecule has 10 nitrogen and oxygen atoms in total. The van der Waals surface area contributed by atoms with E-state index in [4.69, 9.17) is 0 Å². The van der Waals surface area contributed by atoms with Crippen molar-refractivity contribution in [2.45, 2.75) is 32.4 Å². The van der Waals surface area contributed by atoms with Crippen molar-refractivity contribution in [2.24, 2.45) is 4.99 Å². The average Bonchev–Trinajstić information content (AvgIpc) is 3.10. The lowest BCUT2D eigenvalue weighted by molar-refractivity contribution is 0.454. The number of nitrogens with zero attached hydrogens (tertiary/aromatic N) is 5. The van der Waals surface area contributed by atoms with E-state index in [1.165, 1.54) is 10.4 Å².